The highest BCUT2D eigenvalue weighted by molar-refractivity contribution is 7.09. The molecule has 1 heterocycles. The molecule has 1 aromatic heterocycles. The molecule has 0 bridgehead atoms. The van der Waals surface area contributed by atoms with E-state index in [2.05, 4.69) is 14.9 Å². The van der Waals surface area contributed by atoms with Crippen LogP contribution in [0.3, 0.4) is 0 Å². The van der Waals surface area contributed by atoms with Crippen LogP contribution in [0.5, 0.6) is 0 Å². The van der Waals surface area contributed by atoms with Crippen molar-refractivity contribution in [2.45, 2.75) is 0 Å². The highest BCUT2D eigenvalue weighted by atomic mass is 32.1. The van der Waals surface area contributed by atoms with Crippen LogP contribution in [0.25, 0.3) is 11.0 Å². The molecule has 0 saturated carbocycles. The number of nitrogens with zero attached hydrogens (tertiary/aromatic N) is 5. The summed E-state index contributed by atoms with van der Waals surface area (Å²) in [7, 11) is 4.00. The minimum atomic E-state index is 0.633. The zero-order valence-electron chi connectivity index (χ0n) is 11.8. The van der Waals surface area contributed by atoms with Gasteiger partial charge >= 0.3 is 0 Å². The number of benzene rings is 2. The lowest BCUT2D eigenvalue weighted by atomic mass is 10.2. The molecule has 3 rings (SSSR count). The Morgan fingerprint density at radius 2 is 1.71 bits per heavy atom. The lowest BCUT2D eigenvalue weighted by Gasteiger charge is -2.20. The van der Waals surface area contributed by atoms with Gasteiger partial charge < -0.3 is 10.2 Å². The Morgan fingerprint density at radius 1 is 1.00 bits per heavy atom. The lowest BCUT2D eigenvalue weighted by molar-refractivity contribution is -0.709. The summed E-state index contributed by atoms with van der Waals surface area (Å²) in [5, 5.41) is 9.64. The van der Waals surface area contributed by atoms with Gasteiger partial charge in [0.05, 0.1) is 9.62 Å². The molecule has 0 spiro atoms. The molecule has 0 saturated heterocycles. The van der Waals surface area contributed by atoms with Crippen molar-refractivity contribution in [2.24, 2.45) is 0 Å². The maximum Gasteiger partial charge on any atom is 0.247 e. The van der Waals surface area contributed by atoms with E-state index in [4.69, 9.17) is 0 Å². The van der Waals surface area contributed by atoms with Crippen molar-refractivity contribution in [3.05, 3.63) is 59.9 Å². The molecule has 0 N–H and O–H groups in total. The molecule has 5 nitrogen and oxygen atoms in total. The van der Waals surface area contributed by atoms with E-state index in [0.717, 1.165) is 17.1 Å². The van der Waals surface area contributed by atoms with Gasteiger partial charge in [0.25, 0.3) is 0 Å². The summed E-state index contributed by atoms with van der Waals surface area (Å²) >= 11 is 1.28. The van der Waals surface area contributed by atoms with Crippen molar-refractivity contribution in [1.82, 2.24) is 9.59 Å². The lowest BCUT2D eigenvalue weighted by Crippen LogP contribution is -2.35. The summed E-state index contributed by atoms with van der Waals surface area (Å²) in [6.45, 7) is 0. The number of aromatic nitrogens is 3. The van der Waals surface area contributed by atoms with Gasteiger partial charge in [0.1, 0.15) is 0 Å². The quantitative estimate of drug-likeness (QED) is 0.695. The van der Waals surface area contributed by atoms with Crippen LogP contribution in [-0.4, -0.2) is 23.7 Å². The number of anilines is 1. The summed E-state index contributed by atoms with van der Waals surface area (Å²) in [6, 6.07) is 17.8. The second-order valence-electron chi connectivity index (χ2n) is 4.68. The largest absolute Gasteiger partial charge is 0.420 e. The van der Waals surface area contributed by atoms with E-state index in [9.17, 15) is 0 Å². The molecule has 0 fully saturated rings. The molecular weight excluding hydrogens is 282 g/mol. The smallest absolute Gasteiger partial charge is 0.247 e. The van der Waals surface area contributed by atoms with Crippen molar-refractivity contribution in [3.63, 3.8) is 0 Å². The number of para-hydroxylation sites is 3. The maximum absolute atomic E-state index is 4.59. The van der Waals surface area contributed by atoms with Gasteiger partial charge in [0.2, 0.25) is 5.69 Å². The third-order valence-electron chi connectivity index (χ3n) is 2.95. The molecule has 21 heavy (non-hydrogen) atoms. The summed E-state index contributed by atoms with van der Waals surface area (Å²) in [6.07, 6.45) is 0. The zero-order chi connectivity index (χ0) is 14.7. The Labute approximate surface area is 127 Å². The topological polar surface area (TPSA) is 47.0 Å². The third kappa shape index (κ3) is 3.00. The molecule has 0 amide bonds. The fraction of sp³-hybridized carbons (Fsp3) is 0.133. The van der Waals surface area contributed by atoms with E-state index >= 15 is 0 Å². The third-order valence-corrected chi connectivity index (χ3v) is 3.52. The van der Waals surface area contributed by atoms with Crippen LogP contribution >= 0.6 is 11.5 Å². The Balaban J connectivity index is 1.86. The van der Waals surface area contributed by atoms with Crippen LogP contribution in [-0.2, 0) is 0 Å². The van der Waals surface area contributed by atoms with Gasteiger partial charge in [0, 0.05) is 43.4 Å². The van der Waals surface area contributed by atoms with E-state index in [1.807, 2.05) is 73.6 Å². The summed E-state index contributed by atoms with van der Waals surface area (Å²) in [4.78, 5) is 3.63. The van der Waals surface area contributed by atoms with E-state index < -0.39 is 0 Å². The molecule has 0 radical (unpaired) electrons. The first kappa shape index (κ1) is 13.5. The molecule has 0 atom stereocenters. The van der Waals surface area contributed by atoms with Crippen LogP contribution in [0.1, 0.15) is 0 Å². The molecular formula is C15H15N5S. The van der Waals surface area contributed by atoms with Crippen LogP contribution in [0.15, 0.2) is 54.6 Å². The fourth-order valence-electron chi connectivity index (χ4n) is 1.94. The van der Waals surface area contributed by atoms with E-state index in [1.54, 1.807) is 4.80 Å². The first-order chi connectivity index (χ1) is 10.2. The van der Waals surface area contributed by atoms with Gasteiger partial charge in [-0.2, -0.15) is 5.10 Å². The Kier molecular flexibility index (Phi) is 3.79. The van der Waals surface area contributed by atoms with E-state index in [-0.39, 0.29) is 0 Å². The van der Waals surface area contributed by atoms with Gasteiger partial charge in [-0.3, -0.25) is 0 Å². The highest BCUT2D eigenvalue weighted by Crippen LogP contribution is 2.36. The van der Waals surface area contributed by atoms with Crippen LogP contribution in [0, 0.1) is 0 Å². The normalized spacial score (nSPS) is 10.4. The first-order valence-electron chi connectivity index (χ1n) is 6.54. The first-order valence-corrected chi connectivity index (χ1v) is 7.31. The van der Waals surface area contributed by atoms with E-state index in [0.29, 0.717) is 5.13 Å². The van der Waals surface area contributed by atoms with Gasteiger partial charge in [-0.25, -0.2) is 0 Å². The SMILES string of the molecule is CN(C)c1ccccc1[N-]c1n[n+](-c2ccccc2)ns1. The average Bonchev–Trinajstić information content (AvgIpc) is 2.97. The van der Waals surface area contributed by atoms with Crippen molar-refractivity contribution in [1.29, 1.82) is 0 Å². The molecule has 106 valence electrons. The monoisotopic (exact) mass is 297 g/mol. The molecule has 0 aliphatic carbocycles. The van der Waals surface area contributed by atoms with E-state index in [1.165, 1.54) is 11.5 Å². The Hall–Kier alpha value is -2.47. The van der Waals surface area contributed by atoms with Gasteiger partial charge in [0.15, 0.2) is 0 Å². The maximum atomic E-state index is 4.59. The minimum Gasteiger partial charge on any atom is -0.420 e. The van der Waals surface area contributed by atoms with Gasteiger partial charge in [-0.1, -0.05) is 36.4 Å². The molecule has 2 aromatic carbocycles. The van der Waals surface area contributed by atoms with Crippen molar-refractivity contribution in [2.75, 3.05) is 19.0 Å². The standard InChI is InChI=1S/C15H15N5S/c1-19(2)14-11-7-6-10-13(14)16-15-17-20(18-21-15)12-8-4-3-5-9-12/h3-11H,1-2H3. The van der Waals surface area contributed by atoms with Crippen LogP contribution in [0.4, 0.5) is 16.5 Å². The van der Waals surface area contributed by atoms with Gasteiger partial charge in [-0.05, 0) is 16.6 Å². The van der Waals surface area contributed by atoms with Crippen molar-refractivity contribution >= 4 is 28.0 Å². The van der Waals surface area contributed by atoms with Crippen LogP contribution < -0.4 is 9.70 Å². The summed E-state index contributed by atoms with van der Waals surface area (Å²) < 4.78 is 4.30. The fourth-order valence-corrected chi connectivity index (χ4v) is 2.48. The minimum absolute atomic E-state index is 0.633. The van der Waals surface area contributed by atoms with Crippen molar-refractivity contribution in [3.8, 4) is 5.69 Å². The average molecular weight is 297 g/mol. The molecule has 6 heteroatoms. The molecule has 0 unspecified atom stereocenters. The second kappa shape index (κ2) is 5.88. The van der Waals surface area contributed by atoms with Gasteiger partial charge in [-0.15, -0.1) is 0 Å². The summed E-state index contributed by atoms with van der Waals surface area (Å²) in [5.74, 6) is 0. The number of hydrogen-bond donors (Lipinski definition) is 0. The molecule has 0 aliphatic rings. The predicted octanol–water partition coefficient (Wildman–Crippen LogP) is 3.22. The summed E-state index contributed by atoms with van der Waals surface area (Å²) in [5.41, 5.74) is 2.87. The number of rotatable bonds is 4. The molecule has 0 aliphatic heterocycles. The molecule has 3 aromatic rings. The Morgan fingerprint density at radius 3 is 2.48 bits per heavy atom. The second-order valence-corrected chi connectivity index (χ2v) is 5.39. The highest BCUT2D eigenvalue weighted by Gasteiger charge is 2.08. The van der Waals surface area contributed by atoms with Crippen molar-refractivity contribution < 1.29 is 4.80 Å². The predicted molar refractivity (Wildman–Crippen MR) is 84.9 cm³/mol. The Bertz CT molecular complexity index is 724. The number of hydrogen-bond acceptors (Lipinski definition) is 4. The zero-order valence-corrected chi connectivity index (χ0v) is 12.7. The van der Waals surface area contributed by atoms with Crippen LogP contribution in [0.2, 0.25) is 0 Å².